The van der Waals surface area contributed by atoms with Gasteiger partial charge in [-0.1, -0.05) is 11.6 Å². The van der Waals surface area contributed by atoms with Crippen LogP contribution < -0.4 is 5.32 Å². The van der Waals surface area contributed by atoms with Gasteiger partial charge in [0.2, 0.25) is 0 Å². The van der Waals surface area contributed by atoms with Gasteiger partial charge in [0.1, 0.15) is 6.02 Å². The molecular formula is C20H33N5O4. The minimum absolute atomic E-state index is 0.202. The number of piperidine rings is 1. The molecule has 0 amide bonds. The van der Waals surface area contributed by atoms with Crippen LogP contribution in [0.4, 0.5) is 0 Å². The summed E-state index contributed by atoms with van der Waals surface area (Å²) in [7, 11) is 0. The summed E-state index contributed by atoms with van der Waals surface area (Å²) in [6.45, 7) is 4.51. The maximum atomic E-state index is 12.7. The normalized spacial score (nSPS) is 30.7. The number of aromatic amines is 1. The van der Waals surface area contributed by atoms with E-state index in [0.717, 1.165) is 37.9 Å². The number of esters is 2. The zero-order valence-corrected chi connectivity index (χ0v) is 17.4. The quantitative estimate of drug-likeness (QED) is 0.594. The Morgan fingerprint density at radius 3 is 2.93 bits per heavy atom. The first-order chi connectivity index (χ1) is 14.4. The van der Waals surface area contributed by atoms with Crippen molar-refractivity contribution in [2.24, 2.45) is 17.8 Å². The van der Waals surface area contributed by atoms with Crippen molar-refractivity contribution >= 4 is 11.9 Å². The first-order valence-corrected chi connectivity index (χ1v) is 10.7. The highest BCUT2D eigenvalue weighted by Crippen LogP contribution is 2.40. The van der Waals surface area contributed by atoms with Crippen molar-refractivity contribution in [2.45, 2.75) is 77.3 Å². The Balaban J connectivity index is 1.47. The molecule has 9 nitrogen and oxygen atoms in total. The Morgan fingerprint density at radius 2 is 2.17 bits per heavy atom. The van der Waals surface area contributed by atoms with Crippen LogP contribution in [0.2, 0.25) is 0 Å². The van der Waals surface area contributed by atoms with Gasteiger partial charge in [0.05, 0.1) is 14.1 Å². The lowest BCUT2D eigenvalue weighted by Gasteiger charge is -2.42. The molecule has 1 saturated carbocycles. The van der Waals surface area contributed by atoms with Crippen molar-refractivity contribution in [1.82, 2.24) is 25.9 Å². The van der Waals surface area contributed by atoms with E-state index in [4.69, 9.17) is 10.8 Å². The number of nitrogens with zero attached hydrogens (tertiary/aromatic N) is 3. The molecule has 1 aliphatic heterocycles. The number of carbonyl (C=O) groups excluding carboxylic acids is 2. The first-order valence-electron chi connectivity index (χ1n) is 11.2. The zero-order chi connectivity index (χ0) is 21.6. The number of nitrogens with one attached hydrogen (secondary N) is 2. The third-order valence-corrected chi connectivity index (χ3v) is 6.07. The molecule has 5 atom stereocenters. The van der Waals surface area contributed by atoms with Gasteiger partial charge in [-0.25, -0.2) is 0 Å². The number of hydrogen-bond donors (Lipinski definition) is 2. The standard InChI is InChI=1S/C20H33N5O4/c1-3-28-19(26)9-4-13(2)29-20(27)17-11-16-10-14(5-7-15(16)12-21-17)6-8-18-22-24-25-23-18/h13-17,21H,3-12H2,1-2H3,(H,22,23,24,25)/t13-,14+,15-,16+,17-/m0/s1/i17D. The van der Waals surface area contributed by atoms with Gasteiger partial charge < -0.3 is 14.8 Å². The Hall–Kier alpha value is -2.03. The van der Waals surface area contributed by atoms with E-state index in [2.05, 4.69) is 25.9 Å². The summed E-state index contributed by atoms with van der Waals surface area (Å²) in [5.41, 5.74) is 0. The average molecular weight is 409 g/mol. The number of aromatic nitrogens is 4. The molecule has 0 unspecified atom stereocenters. The topological polar surface area (TPSA) is 119 Å². The average Bonchev–Trinajstić information content (AvgIpc) is 3.24. The van der Waals surface area contributed by atoms with Crippen molar-refractivity contribution in [3.05, 3.63) is 5.82 Å². The molecule has 1 aromatic heterocycles. The maximum Gasteiger partial charge on any atom is 0.323 e. The number of H-pyrrole nitrogens is 1. The molecule has 0 spiro atoms. The molecular weight excluding hydrogens is 374 g/mol. The minimum atomic E-state index is -1.42. The summed E-state index contributed by atoms with van der Waals surface area (Å²) in [6.07, 6.45) is 5.68. The lowest BCUT2D eigenvalue weighted by molar-refractivity contribution is -0.155. The monoisotopic (exact) mass is 408 g/mol. The predicted molar refractivity (Wildman–Crippen MR) is 105 cm³/mol. The van der Waals surface area contributed by atoms with E-state index in [1.165, 1.54) is 0 Å². The molecule has 162 valence electrons. The van der Waals surface area contributed by atoms with Crippen molar-refractivity contribution in [2.75, 3.05) is 13.2 Å². The molecule has 0 radical (unpaired) electrons. The summed E-state index contributed by atoms with van der Waals surface area (Å²) in [4.78, 5) is 24.2. The number of fused-ring (bicyclic) bond motifs is 1. The van der Waals surface area contributed by atoms with Crippen LogP contribution in [0.3, 0.4) is 0 Å². The van der Waals surface area contributed by atoms with Crippen LogP contribution in [0.1, 0.15) is 66.0 Å². The number of tetrazole rings is 1. The molecule has 9 heteroatoms. The molecule has 1 aliphatic carbocycles. The molecule has 3 rings (SSSR count). The fourth-order valence-electron chi connectivity index (χ4n) is 4.44. The SMILES string of the molecule is [2H][C@@]1(C(=O)O[C@@H](C)CCC(=O)OCC)C[C@H]2C[C@@H](CCc3nn[nH]n3)CC[C@H]2CN1. The third-order valence-electron chi connectivity index (χ3n) is 6.07. The summed E-state index contributed by atoms with van der Waals surface area (Å²) in [6, 6.07) is -1.42. The van der Waals surface area contributed by atoms with Gasteiger partial charge in [0.15, 0.2) is 5.82 Å². The third kappa shape index (κ3) is 6.48. The van der Waals surface area contributed by atoms with E-state index in [1.807, 2.05) is 0 Å². The summed E-state index contributed by atoms with van der Waals surface area (Å²) in [5, 5.41) is 17.2. The van der Waals surface area contributed by atoms with E-state index < -0.39 is 18.1 Å². The molecule has 2 N–H and O–H groups in total. The Morgan fingerprint density at radius 1 is 1.31 bits per heavy atom. The fourth-order valence-corrected chi connectivity index (χ4v) is 4.44. The number of rotatable bonds is 9. The second-order valence-corrected chi connectivity index (χ2v) is 8.19. The molecule has 2 heterocycles. The van der Waals surface area contributed by atoms with E-state index in [-0.39, 0.29) is 12.4 Å². The molecule has 0 aromatic carbocycles. The number of ether oxygens (including phenoxy) is 2. The Kier molecular flexibility index (Phi) is 7.45. The van der Waals surface area contributed by atoms with Crippen LogP contribution in [-0.2, 0) is 25.5 Å². The highest BCUT2D eigenvalue weighted by atomic mass is 16.5. The van der Waals surface area contributed by atoms with Crippen molar-refractivity contribution in [1.29, 1.82) is 0 Å². The van der Waals surface area contributed by atoms with E-state index in [9.17, 15) is 9.59 Å². The molecule has 1 aromatic rings. The van der Waals surface area contributed by atoms with Gasteiger partial charge in [-0.3, -0.25) is 9.59 Å². The van der Waals surface area contributed by atoms with Crippen LogP contribution in [-0.4, -0.2) is 57.8 Å². The second kappa shape index (κ2) is 10.7. The van der Waals surface area contributed by atoms with E-state index >= 15 is 0 Å². The molecule has 1 saturated heterocycles. The maximum absolute atomic E-state index is 12.7. The predicted octanol–water partition coefficient (Wildman–Crippen LogP) is 1.80. The van der Waals surface area contributed by atoms with Crippen LogP contribution in [0.5, 0.6) is 0 Å². The van der Waals surface area contributed by atoms with Crippen LogP contribution >= 0.6 is 0 Å². The van der Waals surface area contributed by atoms with Crippen LogP contribution in [0.25, 0.3) is 0 Å². The van der Waals surface area contributed by atoms with Gasteiger partial charge in [-0.15, -0.1) is 10.2 Å². The zero-order valence-electron chi connectivity index (χ0n) is 18.4. The van der Waals surface area contributed by atoms with E-state index in [0.29, 0.717) is 43.7 Å². The van der Waals surface area contributed by atoms with Crippen molar-refractivity contribution in [3.63, 3.8) is 0 Å². The number of carbonyl (C=O) groups is 2. The molecule has 0 bridgehead atoms. The Bertz CT molecular complexity index is 703. The van der Waals surface area contributed by atoms with Gasteiger partial charge in [-0.2, -0.15) is 5.21 Å². The van der Waals surface area contributed by atoms with Gasteiger partial charge >= 0.3 is 11.9 Å². The first kappa shape index (κ1) is 20.3. The molecule has 2 aliphatic rings. The lowest BCUT2D eigenvalue weighted by atomic mass is 9.69. The van der Waals surface area contributed by atoms with Gasteiger partial charge in [0, 0.05) is 12.8 Å². The van der Waals surface area contributed by atoms with Gasteiger partial charge in [0.25, 0.3) is 0 Å². The number of aryl methyl sites for hydroxylation is 1. The van der Waals surface area contributed by atoms with Crippen molar-refractivity contribution in [3.8, 4) is 0 Å². The van der Waals surface area contributed by atoms with Crippen molar-refractivity contribution < 1.29 is 20.4 Å². The molecule has 2 fully saturated rings. The summed E-state index contributed by atoms with van der Waals surface area (Å²) >= 11 is 0. The minimum Gasteiger partial charge on any atom is -0.466 e. The second-order valence-electron chi connectivity index (χ2n) is 8.19. The summed E-state index contributed by atoms with van der Waals surface area (Å²) < 4.78 is 19.1. The highest BCUT2D eigenvalue weighted by molar-refractivity contribution is 5.76. The smallest absolute Gasteiger partial charge is 0.323 e. The highest BCUT2D eigenvalue weighted by Gasteiger charge is 2.38. The fraction of sp³-hybridized carbons (Fsp3) is 0.850. The van der Waals surface area contributed by atoms with Crippen LogP contribution in [0, 0.1) is 17.8 Å². The van der Waals surface area contributed by atoms with Crippen LogP contribution in [0.15, 0.2) is 0 Å². The lowest BCUT2D eigenvalue weighted by Crippen LogP contribution is -2.50. The molecule has 29 heavy (non-hydrogen) atoms. The Labute approximate surface area is 173 Å². The largest absolute Gasteiger partial charge is 0.466 e. The summed E-state index contributed by atoms with van der Waals surface area (Å²) in [5.74, 6) is 1.26. The van der Waals surface area contributed by atoms with E-state index in [1.54, 1.807) is 13.8 Å². The van der Waals surface area contributed by atoms with Gasteiger partial charge in [-0.05, 0) is 70.3 Å². The number of hydrogen-bond acceptors (Lipinski definition) is 8.